The van der Waals surface area contributed by atoms with Crippen molar-refractivity contribution in [2.45, 2.75) is 62.7 Å². The van der Waals surface area contributed by atoms with E-state index in [1.807, 2.05) is 36.6 Å². The van der Waals surface area contributed by atoms with Gasteiger partial charge in [0.25, 0.3) is 0 Å². The minimum Gasteiger partial charge on any atom is -0.480 e. The van der Waals surface area contributed by atoms with E-state index in [1.165, 1.54) is 21.6 Å². The molecule has 0 radical (unpaired) electrons. The Bertz CT molecular complexity index is 1010. The maximum absolute atomic E-state index is 13.6. The fourth-order valence-electron chi connectivity index (χ4n) is 5.05. The van der Waals surface area contributed by atoms with Crippen LogP contribution >= 0.6 is 11.8 Å². The first-order chi connectivity index (χ1) is 18.3. The maximum Gasteiger partial charge on any atom is 0.326 e. The van der Waals surface area contributed by atoms with Crippen molar-refractivity contribution in [3.63, 3.8) is 0 Å². The van der Waals surface area contributed by atoms with Gasteiger partial charge in [0.1, 0.15) is 24.2 Å². The van der Waals surface area contributed by atoms with Crippen molar-refractivity contribution in [1.82, 2.24) is 20.4 Å². The third kappa shape index (κ3) is 7.47. The number of amides is 4. The molecule has 2 fully saturated rings. The number of nitrogens with two attached hydrogens (primary N) is 1. The number of hydrogen-bond acceptors (Lipinski definition) is 7. The van der Waals surface area contributed by atoms with Crippen LogP contribution in [0.3, 0.4) is 0 Å². The molecule has 1 aromatic carbocycles. The van der Waals surface area contributed by atoms with Gasteiger partial charge in [0.05, 0.1) is 6.54 Å². The predicted octanol–water partition coefficient (Wildman–Crippen LogP) is -0.0229. The van der Waals surface area contributed by atoms with Crippen molar-refractivity contribution < 1.29 is 29.1 Å². The van der Waals surface area contributed by atoms with Gasteiger partial charge < -0.3 is 31.3 Å². The number of thioether (sulfide) groups is 1. The molecule has 2 heterocycles. The van der Waals surface area contributed by atoms with Crippen LogP contribution in [0.2, 0.25) is 0 Å². The van der Waals surface area contributed by atoms with Gasteiger partial charge in [-0.25, -0.2) is 4.79 Å². The van der Waals surface area contributed by atoms with Gasteiger partial charge in [0, 0.05) is 19.5 Å². The maximum atomic E-state index is 13.6. The molecule has 11 nitrogen and oxygen atoms in total. The summed E-state index contributed by atoms with van der Waals surface area (Å²) in [5, 5.41) is 15.0. The predicted molar refractivity (Wildman–Crippen MR) is 143 cm³/mol. The van der Waals surface area contributed by atoms with Crippen LogP contribution in [0, 0.1) is 0 Å². The minimum atomic E-state index is -1.05. The minimum absolute atomic E-state index is 0.247. The van der Waals surface area contributed by atoms with E-state index in [1.54, 1.807) is 0 Å². The summed E-state index contributed by atoms with van der Waals surface area (Å²) in [4.78, 5) is 66.8. The Morgan fingerprint density at radius 3 is 2.18 bits per heavy atom. The van der Waals surface area contributed by atoms with Crippen LogP contribution in [-0.2, 0) is 30.4 Å². The SMILES string of the molecule is CSCC[C@H](NC(=O)[C@@H]1CCCN1C(=O)[C@H](Cc1ccccc1)NC(=O)CN)C(=O)N1CCC[C@H]1C(=O)O. The zero-order chi connectivity index (χ0) is 27.7. The number of aliphatic carboxylic acids is 1. The molecule has 3 rings (SSSR count). The normalized spacial score (nSPS) is 20.6. The molecule has 4 amide bonds. The second kappa shape index (κ2) is 14.1. The summed E-state index contributed by atoms with van der Waals surface area (Å²) in [6.07, 6.45) is 4.48. The van der Waals surface area contributed by atoms with Crippen molar-refractivity contribution in [2.75, 3.05) is 31.6 Å². The summed E-state index contributed by atoms with van der Waals surface area (Å²) in [6, 6.07) is 5.78. The molecule has 38 heavy (non-hydrogen) atoms. The highest BCUT2D eigenvalue weighted by molar-refractivity contribution is 7.98. The molecular formula is C26H37N5O6S. The number of carbonyl (C=O) groups is 5. The van der Waals surface area contributed by atoms with Gasteiger partial charge >= 0.3 is 5.97 Å². The summed E-state index contributed by atoms with van der Waals surface area (Å²) in [7, 11) is 0. The fraction of sp³-hybridized carbons (Fsp3) is 0.577. The third-order valence-electron chi connectivity index (χ3n) is 6.99. The largest absolute Gasteiger partial charge is 0.480 e. The van der Waals surface area contributed by atoms with Crippen molar-refractivity contribution in [3.8, 4) is 0 Å². The smallest absolute Gasteiger partial charge is 0.326 e. The number of carbonyl (C=O) groups excluding carboxylic acids is 4. The Kier molecular flexibility index (Phi) is 11.0. The van der Waals surface area contributed by atoms with E-state index in [-0.39, 0.29) is 18.9 Å². The highest BCUT2D eigenvalue weighted by atomic mass is 32.2. The first-order valence-electron chi connectivity index (χ1n) is 12.9. The topological polar surface area (TPSA) is 162 Å². The lowest BCUT2D eigenvalue weighted by molar-refractivity contribution is -0.149. The highest BCUT2D eigenvalue weighted by Gasteiger charge is 2.41. The van der Waals surface area contributed by atoms with Gasteiger partial charge in [-0.05, 0) is 49.7 Å². The van der Waals surface area contributed by atoms with Crippen molar-refractivity contribution in [1.29, 1.82) is 0 Å². The first kappa shape index (κ1) is 29.4. The standard InChI is InChI=1S/C26H37N5O6S/c1-38-14-11-18(24(34)31-13-6-10-21(31)26(36)37)29-23(33)20-9-5-12-30(20)25(35)19(28-22(32)16-27)15-17-7-3-2-4-8-17/h2-4,7-8,18-21H,5-6,9-16,27H2,1H3,(H,28,32)(H,29,33)(H,36,37)/t18-,19-,20-,21-/m0/s1. The molecule has 4 atom stereocenters. The Hall–Kier alpha value is -3.12. The van der Waals surface area contributed by atoms with Crippen molar-refractivity contribution in [2.24, 2.45) is 5.73 Å². The van der Waals surface area contributed by atoms with E-state index in [2.05, 4.69) is 10.6 Å². The van der Waals surface area contributed by atoms with Crippen molar-refractivity contribution in [3.05, 3.63) is 35.9 Å². The Labute approximate surface area is 226 Å². The van der Waals surface area contributed by atoms with E-state index in [0.29, 0.717) is 50.9 Å². The summed E-state index contributed by atoms with van der Waals surface area (Å²) in [5.41, 5.74) is 6.32. The number of rotatable bonds is 12. The number of carboxylic acids is 1. The number of benzene rings is 1. The Balaban J connectivity index is 1.74. The molecule has 0 spiro atoms. The monoisotopic (exact) mass is 547 g/mol. The average molecular weight is 548 g/mol. The second-order valence-corrected chi connectivity index (χ2v) is 10.6. The van der Waals surface area contributed by atoms with Gasteiger partial charge in [0.2, 0.25) is 23.6 Å². The number of carboxylic acid groups (broad SMARTS) is 1. The summed E-state index contributed by atoms with van der Waals surface area (Å²) >= 11 is 1.52. The zero-order valence-electron chi connectivity index (χ0n) is 21.6. The van der Waals surface area contributed by atoms with Crippen LogP contribution in [0.5, 0.6) is 0 Å². The molecule has 0 aromatic heterocycles. The average Bonchev–Trinajstić information content (AvgIpc) is 3.61. The molecule has 5 N–H and O–H groups in total. The number of hydrogen-bond donors (Lipinski definition) is 4. The van der Waals surface area contributed by atoms with Crippen LogP contribution in [-0.4, -0.2) is 100 Å². The van der Waals surface area contributed by atoms with E-state index < -0.39 is 47.9 Å². The van der Waals surface area contributed by atoms with E-state index in [9.17, 15) is 29.1 Å². The molecule has 2 saturated heterocycles. The van der Waals surface area contributed by atoms with E-state index >= 15 is 0 Å². The molecule has 0 unspecified atom stereocenters. The lowest BCUT2D eigenvalue weighted by atomic mass is 10.0. The second-order valence-electron chi connectivity index (χ2n) is 9.57. The number of likely N-dealkylation sites (tertiary alicyclic amines) is 2. The molecule has 2 aliphatic heterocycles. The third-order valence-corrected chi connectivity index (χ3v) is 7.63. The molecule has 0 aliphatic carbocycles. The van der Waals surface area contributed by atoms with Crippen LogP contribution in [0.1, 0.15) is 37.7 Å². The summed E-state index contributed by atoms with van der Waals surface area (Å²) in [5.74, 6) is -2.18. The lowest BCUT2D eigenvalue weighted by Crippen LogP contribution is -2.58. The quantitative estimate of drug-likeness (QED) is 0.284. The molecule has 0 bridgehead atoms. The number of nitrogens with one attached hydrogen (secondary N) is 2. The van der Waals surface area contributed by atoms with Gasteiger partial charge in [-0.1, -0.05) is 30.3 Å². The van der Waals surface area contributed by atoms with E-state index in [4.69, 9.17) is 5.73 Å². The van der Waals surface area contributed by atoms with Gasteiger partial charge in [-0.2, -0.15) is 11.8 Å². The van der Waals surface area contributed by atoms with E-state index in [0.717, 1.165) is 5.56 Å². The van der Waals surface area contributed by atoms with Crippen molar-refractivity contribution >= 4 is 41.4 Å². The van der Waals surface area contributed by atoms with Crippen LogP contribution in [0.4, 0.5) is 0 Å². The molecule has 1 aromatic rings. The summed E-state index contributed by atoms with van der Waals surface area (Å²) < 4.78 is 0. The molecule has 12 heteroatoms. The number of nitrogens with zero attached hydrogens (tertiary/aromatic N) is 2. The van der Waals surface area contributed by atoms with Gasteiger partial charge in [0.15, 0.2) is 0 Å². The Morgan fingerprint density at radius 2 is 1.58 bits per heavy atom. The molecule has 208 valence electrons. The van der Waals surface area contributed by atoms with Crippen LogP contribution in [0.15, 0.2) is 30.3 Å². The molecule has 2 aliphatic rings. The molecular weight excluding hydrogens is 510 g/mol. The fourth-order valence-corrected chi connectivity index (χ4v) is 5.53. The van der Waals surface area contributed by atoms with Crippen LogP contribution < -0.4 is 16.4 Å². The van der Waals surface area contributed by atoms with Gasteiger partial charge in [-0.3, -0.25) is 19.2 Å². The first-order valence-corrected chi connectivity index (χ1v) is 14.3. The Morgan fingerprint density at radius 1 is 0.974 bits per heavy atom. The lowest BCUT2D eigenvalue weighted by Gasteiger charge is -2.31. The highest BCUT2D eigenvalue weighted by Crippen LogP contribution is 2.22. The van der Waals surface area contributed by atoms with Gasteiger partial charge in [-0.15, -0.1) is 0 Å². The molecule has 0 saturated carbocycles. The van der Waals surface area contributed by atoms with Crippen LogP contribution in [0.25, 0.3) is 0 Å². The summed E-state index contributed by atoms with van der Waals surface area (Å²) in [6.45, 7) is 0.407. The zero-order valence-corrected chi connectivity index (χ0v) is 22.5.